The van der Waals surface area contributed by atoms with Crippen molar-refractivity contribution in [2.24, 2.45) is 0 Å². The fourth-order valence-electron chi connectivity index (χ4n) is 3.28. The molecule has 18 heavy (non-hydrogen) atoms. The van der Waals surface area contributed by atoms with Gasteiger partial charge in [0.2, 0.25) is 0 Å². The smallest absolute Gasteiger partial charge is 0.303 e. The maximum absolute atomic E-state index is 10.7. The lowest BCUT2D eigenvalue weighted by molar-refractivity contribution is -0.137. The molecule has 0 aromatic heterocycles. The standard InChI is InChI=1S/C14H25NO3/c1-2-18-13-9-12(10-13)15-8-4-3-5-11(15)6-7-14(16)17/h11-13H,2-10H2,1H3,(H,16,17). The fourth-order valence-corrected chi connectivity index (χ4v) is 3.28. The number of rotatable bonds is 6. The van der Waals surface area contributed by atoms with Crippen LogP contribution in [0.15, 0.2) is 0 Å². The Hall–Kier alpha value is -0.610. The van der Waals surface area contributed by atoms with Crippen molar-refractivity contribution in [3.05, 3.63) is 0 Å². The van der Waals surface area contributed by atoms with E-state index in [4.69, 9.17) is 9.84 Å². The third-order valence-electron chi connectivity index (χ3n) is 4.31. The van der Waals surface area contributed by atoms with Gasteiger partial charge in [0, 0.05) is 25.1 Å². The zero-order chi connectivity index (χ0) is 13.0. The lowest BCUT2D eigenvalue weighted by Crippen LogP contribution is -2.54. The van der Waals surface area contributed by atoms with E-state index in [1.165, 1.54) is 19.3 Å². The zero-order valence-electron chi connectivity index (χ0n) is 11.3. The first-order valence-electron chi connectivity index (χ1n) is 7.29. The number of ether oxygens (including phenoxy) is 1. The van der Waals surface area contributed by atoms with E-state index in [9.17, 15) is 4.79 Å². The van der Waals surface area contributed by atoms with Crippen molar-refractivity contribution in [2.45, 2.75) is 70.1 Å². The zero-order valence-corrected chi connectivity index (χ0v) is 11.3. The molecule has 2 aliphatic rings. The molecule has 0 bridgehead atoms. The van der Waals surface area contributed by atoms with Crippen LogP contribution in [-0.4, -0.2) is 47.3 Å². The molecule has 1 aliphatic heterocycles. The lowest BCUT2D eigenvalue weighted by Gasteiger charge is -2.48. The second kappa shape index (κ2) is 6.53. The van der Waals surface area contributed by atoms with E-state index in [1.807, 2.05) is 6.92 Å². The van der Waals surface area contributed by atoms with E-state index in [-0.39, 0.29) is 0 Å². The Kier molecular flexibility index (Phi) is 5.01. The molecule has 104 valence electrons. The maximum Gasteiger partial charge on any atom is 0.303 e. The number of carbonyl (C=O) groups is 1. The van der Waals surface area contributed by atoms with Crippen molar-refractivity contribution >= 4 is 5.97 Å². The van der Waals surface area contributed by atoms with Crippen molar-refractivity contribution in [3.8, 4) is 0 Å². The summed E-state index contributed by atoms with van der Waals surface area (Å²) in [5, 5.41) is 8.81. The Morgan fingerprint density at radius 3 is 2.83 bits per heavy atom. The number of carboxylic acid groups (broad SMARTS) is 1. The van der Waals surface area contributed by atoms with Crippen LogP contribution in [0, 0.1) is 0 Å². The summed E-state index contributed by atoms with van der Waals surface area (Å²) in [6, 6.07) is 1.13. The normalized spacial score (nSPS) is 33.1. The summed E-state index contributed by atoms with van der Waals surface area (Å²) >= 11 is 0. The van der Waals surface area contributed by atoms with Gasteiger partial charge in [-0.3, -0.25) is 9.69 Å². The summed E-state index contributed by atoms with van der Waals surface area (Å²) in [4.78, 5) is 13.3. The van der Waals surface area contributed by atoms with Crippen LogP contribution in [-0.2, 0) is 9.53 Å². The van der Waals surface area contributed by atoms with Gasteiger partial charge in [-0.1, -0.05) is 6.42 Å². The molecule has 0 radical (unpaired) electrons. The molecular weight excluding hydrogens is 230 g/mol. The number of aliphatic carboxylic acids is 1. The monoisotopic (exact) mass is 255 g/mol. The average Bonchev–Trinajstić information content (AvgIpc) is 2.31. The van der Waals surface area contributed by atoms with Gasteiger partial charge >= 0.3 is 5.97 Å². The Labute approximate surface area is 109 Å². The molecule has 1 unspecified atom stereocenters. The highest BCUT2D eigenvalue weighted by molar-refractivity contribution is 5.66. The molecule has 1 heterocycles. The largest absolute Gasteiger partial charge is 0.481 e. The van der Waals surface area contributed by atoms with Crippen LogP contribution in [0.2, 0.25) is 0 Å². The average molecular weight is 255 g/mol. The summed E-state index contributed by atoms with van der Waals surface area (Å²) in [7, 11) is 0. The van der Waals surface area contributed by atoms with Gasteiger partial charge in [0.1, 0.15) is 0 Å². The van der Waals surface area contributed by atoms with Crippen molar-refractivity contribution in [1.29, 1.82) is 0 Å². The van der Waals surface area contributed by atoms with Gasteiger partial charge in [-0.25, -0.2) is 0 Å². The molecule has 1 N–H and O–H groups in total. The highest BCUT2D eigenvalue weighted by Crippen LogP contribution is 2.34. The highest BCUT2D eigenvalue weighted by Gasteiger charge is 2.37. The van der Waals surface area contributed by atoms with E-state index in [0.717, 1.165) is 32.4 Å². The van der Waals surface area contributed by atoms with Gasteiger partial charge in [-0.15, -0.1) is 0 Å². The van der Waals surface area contributed by atoms with E-state index in [2.05, 4.69) is 4.90 Å². The third-order valence-corrected chi connectivity index (χ3v) is 4.31. The van der Waals surface area contributed by atoms with Crippen LogP contribution >= 0.6 is 0 Å². The summed E-state index contributed by atoms with van der Waals surface area (Å²) in [5.41, 5.74) is 0. The Morgan fingerprint density at radius 2 is 2.17 bits per heavy atom. The van der Waals surface area contributed by atoms with Crippen molar-refractivity contribution in [2.75, 3.05) is 13.2 Å². The second-order valence-corrected chi connectivity index (χ2v) is 5.52. The molecule has 0 aromatic carbocycles. The SMILES string of the molecule is CCOC1CC(N2CCCCC2CCC(=O)O)C1. The fraction of sp³-hybridized carbons (Fsp3) is 0.929. The number of hydrogen-bond acceptors (Lipinski definition) is 3. The molecule has 2 rings (SSSR count). The molecule has 2 fully saturated rings. The van der Waals surface area contributed by atoms with Gasteiger partial charge in [-0.2, -0.15) is 0 Å². The molecule has 4 nitrogen and oxygen atoms in total. The van der Waals surface area contributed by atoms with Crippen molar-refractivity contribution in [3.63, 3.8) is 0 Å². The summed E-state index contributed by atoms with van der Waals surface area (Å²) in [6.45, 7) is 4.00. The van der Waals surface area contributed by atoms with Crippen LogP contribution in [0.25, 0.3) is 0 Å². The minimum Gasteiger partial charge on any atom is -0.481 e. The minimum absolute atomic E-state index is 0.308. The van der Waals surface area contributed by atoms with Gasteiger partial charge in [-0.05, 0) is 45.6 Å². The second-order valence-electron chi connectivity index (χ2n) is 5.52. The number of hydrogen-bond donors (Lipinski definition) is 1. The molecule has 1 aliphatic carbocycles. The van der Waals surface area contributed by atoms with Gasteiger partial charge in [0.15, 0.2) is 0 Å². The third kappa shape index (κ3) is 3.45. The predicted octanol–water partition coefficient (Wildman–Crippen LogP) is 2.27. The summed E-state index contributed by atoms with van der Waals surface area (Å²) in [5.74, 6) is -0.665. The number of carboxylic acids is 1. The van der Waals surface area contributed by atoms with Crippen LogP contribution < -0.4 is 0 Å². The highest BCUT2D eigenvalue weighted by atomic mass is 16.5. The number of piperidine rings is 1. The lowest BCUT2D eigenvalue weighted by atomic mass is 9.84. The Morgan fingerprint density at radius 1 is 1.39 bits per heavy atom. The Balaban J connectivity index is 1.79. The maximum atomic E-state index is 10.7. The predicted molar refractivity (Wildman–Crippen MR) is 69.7 cm³/mol. The molecule has 0 amide bonds. The van der Waals surface area contributed by atoms with Crippen LogP contribution in [0.3, 0.4) is 0 Å². The van der Waals surface area contributed by atoms with E-state index in [1.54, 1.807) is 0 Å². The van der Waals surface area contributed by atoms with E-state index < -0.39 is 5.97 Å². The molecule has 0 spiro atoms. The molecule has 1 atom stereocenters. The quantitative estimate of drug-likeness (QED) is 0.791. The van der Waals surface area contributed by atoms with Crippen LogP contribution in [0.1, 0.15) is 51.9 Å². The molecule has 1 saturated heterocycles. The molecule has 1 saturated carbocycles. The van der Waals surface area contributed by atoms with Crippen LogP contribution in [0.4, 0.5) is 0 Å². The minimum atomic E-state index is -0.665. The van der Waals surface area contributed by atoms with Gasteiger partial charge in [0.25, 0.3) is 0 Å². The van der Waals surface area contributed by atoms with Crippen molar-refractivity contribution < 1.29 is 14.6 Å². The van der Waals surface area contributed by atoms with E-state index >= 15 is 0 Å². The van der Waals surface area contributed by atoms with E-state index in [0.29, 0.717) is 24.6 Å². The first-order chi connectivity index (χ1) is 8.70. The Bertz CT molecular complexity index is 276. The molecular formula is C14H25NO3. The molecule has 0 aromatic rings. The number of likely N-dealkylation sites (tertiary alicyclic amines) is 1. The van der Waals surface area contributed by atoms with Crippen molar-refractivity contribution in [1.82, 2.24) is 4.90 Å². The van der Waals surface area contributed by atoms with Crippen LogP contribution in [0.5, 0.6) is 0 Å². The molecule has 4 heteroatoms. The topological polar surface area (TPSA) is 49.8 Å². The number of nitrogens with zero attached hydrogens (tertiary/aromatic N) is 1. The first-order valence-corrected chi connectivity index (χ1v) is 7.29. The first kappa shape index (κ1) is 13.8. The van der Waals surface area contributed by atoms with Gasteiger partial charge < -0.3 is 9.84 Å². The van der Waals surface area contributed by atoms with Gasteiger partial charge in [0.05, 0.1) is 6.10 Å². The summed E-state index contributed by atoms with van der Waals surface area (Å²) in [6.07, 6.45) is 7.52. The summed E-state index contributed by atoms with van der Waals surface area (Å²) < 4.78 is 5.61.